The molecule has 1 saturated heterocycles. The highest BCUT2D eigenvalue weighted by Crippen LogP contribution is 2.12. The van der Waals surface area contributed by atoms with Gasteiger partial charge in [-0.25, -0.2) is 4.39 Å². The predicted molar refractivity (Wildman–Crippen MR) is 39.8 cm³/mol. The van der Waals surface area contributed by atoms with Gasteiger partial charge in [-0.2, -0.15) is 12.6 Å². The zero-order valence-corrected chi connectivity index (χ0v) is 6.44. The second kappa shape index (κ2) is 2.88. The lowest BCUT2D eigenvalue weighted by molar-refractivity contribution is 0.0675. The van der Waals surface area contributed by atoms with E-state index in [1.165, 1.54) is 0 Å². The molecule has 1 rings (SSSR count). The molecule has 54 valence electrons. The molecule has 1 nitrogen and oxygen atoms in total. The third-order valence-corrected chi connectivity index (χ3v) is 1.60. The summed E-state index contributed by atoms with van der Waals surface area (Å²) in [6.07, 6.45) is -0.572. The number of hydrogen-bond acceptors (Lipinski definition) is 2. The van der Waals surface area contributed by atoms with Crippen LogP contribution in [0, 0.1) is 0 Å². The molecular formula is C6H12FNS. The Bertz CT molecular complexity index is 91.1. The van der Waals surface area contributed by atoms with E-state index in [1.807, 2.05) is 6.92 Å². The van der Waals surface area contributed by atoms with Gasteiger partial charge in [0.25, 0.3) is 0 Å². The van der Waals surface area contributed by atoms with E-state index in [-0.39, 0.29) is 0 Å². The standard InChI is InChI=1S/C6H12FNS/c1-5(9)2-8-3-6(7)4-8/h5-6,9H,2-4H2,1H3. The van der Waals surface area contributed by atoms with Crippen molar-refractivity contribution in [1.82, 2.24) is 4.90 Å². The minimum Gasteiger partial charge on any atom is -0.296 e. The summed E-state index contributed by atoms with van der Waals surface area (Å²) in [7, 11) is 0. The summed E-state index contributed by atoms with van der Waals surface area (Å²) in [5, 5.41) is 0.373. The molecule has 3 heteroatoms. The van der Waals surface area contributed by atoms with Crippen LogP contribution in [0.2, 0.25) is 0 Å². The van der Waals surface area contributed by atoms with Gasteiger partial charge >= 0.3 is 0 Å². The maximum Gasteiger partial charge on any atom is 0.125 e. The molecule has 1 aliphatic rings. The molecule has 0 saturated carbocycles. The van der Waals surface area contributed by atoms with E-state index in [0.29, 0.717) is 18.3 Å². The van der Waals surface area contributed by atoms with E-state index in [0.717, 1.165) is 6.54 Å². The highest BCUT2D eigenvalue weighted by molar-refractivity contribution is 7.80. The van der Waals surface area contributed by atoms with E-state index in [1.54, 1.807) is 0 Å². The summed E-state index contributed by atoms with van der Waals surface area (Å²) in [5.74, 6) is 0. The van der Waals surface area contributed by atoms with Crippen molar-refractivity contribution in [1.29, 1.82) is 0 Å². The first kappa shape index (κ1) is 7.35. The normalized spacial score (nSPS) is 25.7. The molecule has 1 atom stereocenters. The Morgan fingerprint density at radius 2 is 2.33 bits per heavy atom. The summed E-state index contributed by atoms with van der Waals surface area (Å²) in [6.45, 7) is 4.17. The predicted octanol–water partition coefficient (Wildman–Crippen LogP) is 0.958. The fourth-order valence-corrected chi connectivity index (χ4v) is 1.26. The molecule has 9 heavy (non-hydrogen) atoms. The van der Waals surface area contributed by atoms with Crippen LogP contribution < -0.4 is 0 Å². The van der Waals surface area contributed by atoms with Gasteiger partial charge in [-0.05, 0) is 0 Å². The number of rotatable bonds is 2. The molecule has 1 unspecified atom stereocenters. The van der Waals surface area contributed by atoms with E-state index >= 15 is 0 Å². The molecule has 1 heterocycles. The topological polar surface area (TPSA) is 3.24 Å². The zero-order chi connectivity index (χ0) is 6.85. The van der Waals surface area contributed by atoms with Crippen molar-refractivity contribution < 1.29 is 4.39 Å². The van der Waals surface area contributed by atoms with Crippen LogP contribution in [0.5, 0.6) is 0 Å². The third kappa shape index (κ3) is 2.14. The molecule has 0 aliphatic carbocycles. The lowest BCUT2D eigenvalue weighted by Crippen LogP contribution is -2.50. The highest BCUT2D eigenvalue weighted by Gasteiger charge is 2.25. The maximum atomic E-state index is 12.2. The molecule has 1 fully saturated rings. The molecule has 1 aliphatic heterocycles. The van der Waals surface area contributed by atoms with Crippen molar-refractivity contribution in [2.75, 3.05) is 19.6 Å². The molecule has 0 radical (unpaired) electrons. The van der Waals surface area contributed by atoms with Crippen LogP contribution in [-0.4, -0.2) is 36.0 Å². The van der Waals surface area contributed by atoms with Crippen LogP contribution in [0.15, 0.2) is 0 Å². The van der Waals surface area contributed by atoms with Gasteiger partial charge < -0.3 is 0 Å². The number of hydrogen-bond donors (Lipinski definition) is 1. The lowest BCUT2D eigenvalue weighted by Gasteiger charge is -2.35. The minimum absolute atomic E-state index is 0.373. The molecule has 0 N–H and O–H groups in total. The van der Waals surface area contributed by atoms with Crippen molar-refractivity contribution in [3.05, 3.63) is 0 Å². The van der Waals surface area contributed by atoms with Crippen molar-refractivity contribution in [2.45, 2.75) is 18.3 Å². The zero-order valence-electron chi connectivity index (χ0n) is 5.55. The fraction of sp³-hybridized carbons (Fsp3) is 1.00. The van der Waals surface area contributed by atoms with Gasteiger partial charge in [0.05, 0.1) is 0 Å². The van der Waals surface area contributed by atoms with E-state index < -0.39 is 6.17 Å². The van der Waals surface area contributed by atoms with Crippen molar-refractivity contribution in [2.24, 2.45) is 0 Å². The van der Waals surface area contributed by atoms with Crippen molar-refractivity contribution >= 4 is 12.6 Å². The van der Waals surface area contributed by atoms with Crippen molar-refractivity contribution in [3.63, 3.8) is 0 Å². The van der Waals surface area contributed by atoms with Crippen LogP contribution in [-0.2, 0) is 0 Å². The smallest absolute Gasteiger partial charge is 0.125 e. The van der Waals surface area contributed by atoms with E-state index in [2.05, 4.69) is 17.5 Å². The second-order valence-electron chi connectivity index (χ2n) is 2.66. The number of thiol groups is 1. The molecule has 0 aromatic heterocycles. The van der Waals surface area contributed by atoms with E-state index in [4.69, 9.17) is 0 Å². The summed E-state index contributed by atoms with van der Waals surface area (Å²) in [5.41, 5.74) is 0. The van der Waals surface area contributed by atoms with Gasteiger partial charge in [0, 0.05) is 24.9 Å². The Balaban J connectivity index is 2.04. The first-order valence-electron chi connectivity index (χ1n) is 3.23. The monoisotopic (exact) mass is 149 g/mol. The second-order valence-corrected chi connectivity index (χ2v) is 3.55. The minimum atomic E-state index is -0.572. The molecule has 0 amide bonds. The Hall–Kier alpha value is 0.240. The van der Waals surface area contributed by atoms with Crippen LogP contribution in [0.1, 0.15) is 6.92 Å². The van der Waals surface area contributed by atoms with Gasteiger partial charge in [0.2, 0.25) is 0 Å². The first-order chi connectivity index (χ1) is 4.18. The number of likely N-dealkylation sites (tertiary alicyclic amines) is 1. The quantitative estimate of drug-likeness (QED) is 0.572. The fourth-order valence-electron chi connectivity index (χ4n) is 1.03. The summed E-state index contributed by atoms with van der Waals surface area (Å²) in [4.78, 5) is 2.07. The number of nitrogens with zero attached hydrogens (tertiary/aromatic N) is 1. The van der Waals surface area contributed by atoms with E-state index in [9.17, 15) is 4.39 Å². The molecule has 0 aromatic rings. The molecule has 0 spiro atoms. The lowest BCUT2D eigenvalue weighted by atomic mass is 10.2. The summed E-state index contributed by atoms with van der Waals surface area (Å²) >= 11 is 4.19. The Labute approximate surface area is 60.6 Å². The van der Waals surface area contributed by atoms with Gasteiger partial charge in [0.15, 0.2) is 0 Å². The van der Waals surface area contributed by atoms with Crippen LogP contribution in [0.25, 0.3) is 0 Å². The first-order valence-corrected chi connectivity index (χ1v) is 3.74. The number of alkyl halides is 1. The van der Waals surface area contributed by atoms with Gasteiger partial charge in [-0.1, -0.05) is 6.92 Å². The summed E-state index contributed by atoms with van der Waals surface area (Å²) < 4.78 is 12.2. The number of halogens is 1. The Morgan fingerprint density at radius 1 is 1.78 bits per heavy atom. The Kier molecular flexibility index (Phi) is 2.35. The highest BCUT2D eigenvalue weighted by atomic mass is 32.1. The summed E-state index contributed by atoms with van der Waals surface area (Å²) in [6, 6.07) is 0. The third-order valence-electron chi connectivity index (χ3n) is 1.44. The van der Waals surface area contributed by atoms with Gasteiger partial charge in [-0.3, -0.25) is 4.90 Å². The molecule has 0 bridgehead atoms. The van der Waals surface area contributed by atoms with Gasteiger partial charge in [0.1, 0.15) is 6.17 Å². The van der Waals surface area contributed by atoms with Gasteiger partial charge in [-0.15, -0.1) is 0 Å². The molecular weight excluding hydrogens is 137 g/mol. The van der Waals surface area contributed by atoms with Crippen LogP contribution in [0.3, 0.4) is 0 Å². The average molecular weight is 149 g/mol. The van der Waals surface area contributed by atoms with Crippen LogP contribution in [0.4, 0.5) is 4.39 Å². The SMILES string of the molecule is CC(S)CN1CC(F)C1. The van der Waals surface area contributed by atoms with Crippen LogP contribution >= 0.6 is 12.6 Å². The maximum absolute atomic E-state index is 12.2. The largest absolute Gasteiger partial charge is 0.296 e. The molecule has 0 aromatic carbocycles. The average Bonchev–Trinajstić information content (AvgIpc) is 1.60. The van der Waals surface area contributed by atoms with Crippen molar-refractivity contribution in [3.8, 4) is 0 Å². The Morgan fingerprint density at radius 3 is 2.67 bits per heavy atom.